The van der Waals surface area contributed by atoms with Crippen LogP contribution in [0.4, 0.5) is 4.79 Å². The van der Waals surface area contributed by atoms with Crippen LogP contribution >= 0.6 is 0 Å². The van der Waals surface area contributed by atoms with Gasteiger partial charge in [0.15, 0.2) is 0 Å². The third-order valence-corrected chi connectivity index (χ3v) is 2.57. The van der Waals surface area contributed by atoms with Gasteiger partial charge in [0.2, 0.25) is 11.8 Å². The number of imide groups is 2. The molecule has 0 bridgehead atoms. The molecule has 0 spiro atoms. The zero-order chi connectivity index (χ0) is 12.3. The van der Waals surface area contributed by atoms with E-state index in [4.69, 9.17) is 0 Å². The van der Waals surface area contributed by atoms with Crippen molar-refractivity contribution in [3.8, 4) is 0 Å². The van der Waals surface area contributed by atoms with Crippen LogP contribution in [0.25, 0.3) is 0 Å². The molecule has 1 saturated heterocycles. The minimum absolute atomic E-state index is 0. The number of rotatable bonds is 4. The van der Waals surface area contributed by atoms with Crippen LogP contribution in [0, 0.1) is 11.3 Å². The first-order valence-corrected chi connectivity index (χ1v) is 5.20. The van der Waals surface area contributed by atoms with Gasteiger partial charge in [-0.3, -0.25) is 20.2 Å². The van der Waals surface area contributed by atoms with Gasteiger partial charge in [-0.1, -0.05) is 19.9 Å². The van der Waals surface area contributed by atoms with E-state index in [-0.39, 0.29) is 43.3 Å². The zero-order valence-corrected chi connectivity index (χ0v) is 12.5. The van der Waals surface area contributed by atoms with Gasteiger partial charge in [-0.2, -0.15) is 0 Å². The van der Waals surface area contributed by atoms with Crippen molar-refractivity contribution in [1.82, 2.24) is 10.6 Å². The number of urea groups is 1. The summed E-state index contributed by atoms with van der Waals surface area (Å²) in [6, 6.07) is -0.751. The first-order chi connectivity index (χ1) is 7.42. The topological polar surface area (TPSA) is 75.3 Å². The fourth-order valence-corrected chi connectivity index (χ4v) is 1.98. The van der Waals surface area contributed by atoms with Crippen molar-refractivity contribution in [2.24, 2.45) is 11.3 Å². The van der Waals surface area contributed by atoms with Crippen molar-refractivity contribution in [1.29, 1.82) is 0 Å². The smallest absolute Gasteiger partial charge is 1.00 e. The molecule has 6 heteroatoms. The van der Waals surface area contributed by atoms with E-state index >= 15 is 0 Å². The molecule has 0 unspecified atom stereocenters. The molecule has 0 radical (unpaired) electrons. The van der Waals surface area contributed by atoms with E-state index in [9.17, 15) is 14.4 Å². The van der Waals surface area contributed by atoms with Gasteiger partial charge in [-0.15, -0.1) is 6.58 Å². The molecule has 0 aromatic rings. The van der Waals surface area contributed by atoms with E-state index in [1.54, 1.807) is 0 Å². The molecule has 1 fully saturated rings. The van der Waals surface area contributed by atoms with Crippen molar-refractivity contribution >= 4 is 17.8 Å². The maximum atomic E-state index is 11.8. The van der Waals surface area contributed by atoms with Gasteiger partial charge < -0.3 is 1.43 Å². The van der Waals surface area contributed by atoms with Gasteiger partial charge in [0.05, 0.1) is 0 Å². The molecule has 1 rings (SSSR count). The standard InChI is InChI=1S/C11H16N2O3.Na.H/c1-4-5-11(6-7(2)3)8(14)12-10(16)13-9(11)15;;/h4,7H,1,5-6H2,2-3H3,(H2,12,13,14,15,16);;/q;+1;-1. The van der Waals surface area contributed by atoms with Gasteiger partial charge in [-0.25, -0.2) is 4.79 Å². The molecular formula is C11H17N2NaO3. The van der Waals surface area contributed by atoms with Gasteiger partial charge in [0, 0.05) is 0 Å². The van der Waals surface area contributed by atoms with Crippen molar-refractivity contribution < 1.29 is 45.4 Å². The fraction of sp³-hybridized carbons (Fsp3) is 0.545. The maximum absolute atomic E-state index is 11.8. The summed E-state index contributed by atoms with van der Waals surface area (Å²) in [6.07, 6.45) is 2.15. The van der Waals surface area contributed by atoms with Crippen LogP contribution in [-0.2, 0) is 9.59 Å². The zero-order valence-electron chi connectivity index (χ0n) is 11.5. The molecule has 0 saturated carbocycles. The molecule has 0 aliphatic carbocycles. The summed E-state index contributed by atoms with van der Waals surface area (Å²) in [5, 5.41) is 4.27. The van der Waals surface area contributed by atoms with E-state index < -0.39 is 23.3 Å². The third kappa shape index (κ3) is 3.40. The Morgan fingerprint density at radius 1 is 1.29 bits per heavy atom. The number of carbonyl (C=O) groups excluding carboxylic acids is 3. The minimum atomic E-state index is -1.19. The molecule has 5 nitrogen and oxygen atoms in total. The van der Waals surface area contributed by atoms with E-state index in [1.807, 2.05) is 13.8 Å². The number of barbiturate groups is 1. The number of nitrogens with one attached hydrogen (secondary N) is 2. The minimum Gasteiger partial charge on any atom is -1.00 e. The van der Waals surface area contributed by atoms with E-state index in [2.05, 4.69) is 17.2 Å². The summed E-state index contributed by atoms with van der Waals surface area (Å²) in [5.74, 6) is -0.894. The Balaban J connectivity index is 0. The normalized spacial score (nSPS) is 18.2. The fourth-order valence-electron chi connectivity index (χ4n) is 1.98. The predicted molar refractivity (Wildman–Crippen MR) is 59.5 cm³/mol. The van der Waals surface area contributed by atoms with E-state index in [0.717, 1.165) is 0 Å². The average Bonchev–Trinajstić information content (AvgIpc) is 2.13. The van der Waals surface area contributed by atoms with Crippen LogP contribution < -0.4 is 40.2 Å². The Hall–Kier alpha value is -0.650. The molecular weight excluding hydrogens is 231 g/mol. The molecule has 2 N–H and O–H groups in total. The van der Waals surface area contributed by atoms with Crippen molar-refractivity contribution in [2.45, 2.75) is 26.7 Å². The summed E-state index contributed by atoms with van der Waals surface area (Å²) in [5.41, 5.74) is -1.19. The second-order valence-electron chi connectivity index (χ2n) is 4.41. The van der Waals surface area contributed by atoms with Gasteiger partial charge in [-0.05, 0) is 18.8 Å². The second kappa shape index (κ2) is 6.33. The Morgan fingerprint density at radius 3 is 2.12 bits per heavy atom. The van der Waals surface area contributed by atoms with Crippen molar-refractivity contribution in [2.75, 3.05) is 0 Å². The predicted octanol–water partition coefficient (Wildman–Crippen LogP) is -1.92. The Bertz CT molecular complexity index is 338. The summed E-state index contributed by atoms with van der Waals surface area (Å²) in [4.78, 5) is 34.6. The molecule has 0 aromatic carbocycles. The van der Waals surface area contributed by atoms with Crippen molar-refractivity contribution in [3.63, 3.8) is 0 Å². The van der Waals surface area contributed by atoms with Crippen LogP contribution in [-0.4, -0.2) is 17.8 Å². The van der Waals surface area contributed by atoms with Crippen LogP contribution in [0.5, 0.6) is 0 Å². The van der Waals surface area contributed by atoms with E-state index in [0.29, 0.717) is 6.42 Å². The van der Waals surface area contributed by atoms with Crippen LogP contribution in [0.1, 0.15) is 28.1 Å². The van der Waals surface area contributed by atoms with Crippen LogP contribution in [0.2, 0.25) is 0 Å². The van der Waals surface area contributed by atoms with Gasteiger partial charge in [0.1, 0.15) is 5.41 Å². The van der Waals surface area contributed by atoms with Crippen LogP contribution in [0.15, 0.2) is 12.7 Å². The summed E-state index contributed by atoms with van der Waals surface area (Å²) in [7, 11) is 0. The number of hydrogen-bond donors (Lipinski definition) is 2. The Morgan fingerprint density at radius 2 is 1.76 bits per heavy atom. The SMILES string of the molecule is C=CCC1(CC(C)C)C(=O)NC(=O)NC1=O.[H-].[Na+]. The Kier molecular flexibility index (Phi) is 6.09. The molecule has 1 aliphatic rings. The molecule has 4 amide bonds. The van der Waals surface area contributed by atoms with E-state index in [1.165, 1.54) is 6.08 Å². The van der Waals surface area contributed by atoms with Crippen LogP contribution in [0.3, 0.4) is 0 Å². The largest absolute Gasteiger partial charge is 1.00 e. The molecule has 1 heterocycles. The molecule has 90 valence electrons. The molecule has 1 aliphatic heterocycles. The number of amides is 4. The third-order valence-electron chi connectivity index (χ3n) is 2.57. The van der Waals surface area contributed by atoms with Gasteiger partial charge >= 0.3 is 35.6 Å². The first-order valence-electron chi connectivity index (χ1n) is 5.20. The number of hydrogen-bond acceptors (Lipinski definition) is 3. The maximum Gasteiger partial charge on any atom is 1.00 e. The molecule has 0 aromatic heterocycles. The Labute approximate surface area is 124 Å². The summed E-state index contributed by atoms with van der Waals surface area (Å²) in [6.45, 7) is 7.39. The number of carbonyl (C=O) groups is 3. The molecule has 0 atom stereocenters. The summed E-state index contributed by atoms with van der Waals surface area (Å²) >= 11 is 0. The number of allylic oxidation sites excluding steroid dienone is 1. The second-order valence-corrected chi connectivity index (χ2v) is 4.41. The van der Waals surface area contributed by atoms with Gasteiger partial charge in [0.25, 0.3) is 0 Å². The summed E-state index contributed by atoms with van der Waals surface area (Å²) < 4.78 is 0. The average molecular weight is 248 g/mol. The quantitative estimate of drug-likeness (QED) is 0.346. The first kappa shape index (κ1) is 16.4. The monoisotopic (exact) mass is 248 g/mol. The van der Waals surface area contributed by atoms with Crippen molar-refractivity contribution in [3.05, 3.63) is 12.7 Å². The molecule has 17 heavy (non-hydrogen) atoms.